The molecule has 0 unspecified atom stereocenters. The van der Waals surface area contributed by atoms with E-state index >= 15 is 0 Å². The van der Waals surface area contributed by atoms with Crippen LogP contribution in [0.4, 0.5) is 5.69 Å². The molecule has 4 rings (SSSR count). The quantitative estimate of drug-likeness (QED) is 0.510. The van der Waals surface area contributed by atoms with Gasteiger partial charge in [0.2, 0.25) is 0 Å². The van der Waals surface area contributed by atoms with Crippen molar-refractivity contribution in [3.8, 4) is 0 Å². The average molecular weight is 457 g/mol. The van der Waals surface area contributed by atoms with Crippen molar-refractivity contribution in [1.82, 2.24) is 15.0 Å². The van der Waals surface area contributed by atoms with Crippen molar-refractivity contribution in [3.63, 3.8) is 0 Å². The summed E-state index contributed by atoms with van der Waals surface area (Å²) < 4.78 is 0. The molecule has 0 saturated carbocycles. The minimum Gasteiger partial charge on any atom is -0.280 e. The van der Waals surface area contributed by atoms with Gasteiger partial charge in [0.1, 0.15) is 0 Å². The minimum absolute atomic E-state index is 0.0115. The van der Waals surface area contributed by atoms with E-state index in [2.05, 4.69) is 16.9 Å². The smallest absolute Gasteiger partial charge is 0.272 e. The van der Waals surface area contributed by atoms with E-state index in [4.69, 9.17) is 0 Å². The molecule has 0 aliphatic carbocycles. The number of amides is 2. The van der Waals surface area contributed by atoms with Gasteiger partial charge in [-0.1, -0.05) is 61.5 Å². The summed E-state index contributed by atoms with van der Waals surface area (Å²) in [6, 6.07) is 28.9. The highest BCUT2D eigenvalue weighted by atomic mass is 16.2. The lowest BCUT2D eigenvalue weighted by Crippen LogP contribution is -2.59. The molecular formula is C28H32N4O2. The highest BCUT2D eigenvalue weighted by molar-refractivity contribution is 5.95. The molecule has 2 amide bonds. The van der Waals surface area contributed by atoms with Crippen molar-refractivity contribution in [3.05, 3.63) is 102 Å². The molecule has 0 radical (unpaired) electrons. The van der Waals surface area contributed by atoms with Crippen molar-refractivity contribution < 1.29 is 9.59 Å². The zero-order valence-corrected chi connectivity index (χ0v) is 20.0. The van der Waals surface area contributed by atoms with Gasteiger partial charge in [-0.2, -0.15) is 0 Å². The van der Waals surface area contributed by atoms with Crippen LogP contribution < -0.4 is 5.01 Å². The Hall–Kier alpha value is -3.64. The molecule has 34 heavy (non-hydrogen) atoms. The number of nitrogens with zero attached hydrogens (tertiary/aromatic N) is 4. The number of anilines is 1. The predicted octanol–water partition coefficient (Wildman–Crippen LogP) is 4.58. The summed E-state index contributed by atoms with van der Waals surface area (Å²) in [6.07, 6.45) is 0.814. The van der Waals surface area contributed by atoms with Crippen LogP contribution in [0.3, 0.4) is 0 Å². The topological polar surface area (TPSA) is 47.1 Å². The second-order valence-electron chi connectivity index (χ2n) is 8.82. The number of para-hydroxylation sites is 1. The molecular weight excluding hydrogens is 424 g/mol. The second-order valence-corrected chi connectivity index (χ2v) is 8.82. The third-order valence-electron chi connectivity index (χ3n) is 6.55. The third kappa shape index (κ3) is 4.97. The monoisotopic (exact) mass is 456 g/mol. The lowest BCUT2D eigenvalue weighted by molar-refractivity contribution is -0.0248. The summed E-state index contributed by atoms with van der Waals surface area (Å²) >= 11 is 0. The second kappa shape index (κ2) is 10.5. The summed E-state index contributed by atoms with van der Waals surface area (Å²) in [6.45, 7) is 3.63. The van der Waals surface area contributed by atoms with Gasteiger partial charge in [0.05, 0.1) is 11.7 Å². The molecule has 2 atom stereocenters. The summed E-state index contributed by atoms with van der Waals surface area (Å²) in [5.74, 6) is 0.156. The number of carbonyl (C=O) groups excluding carboxylic acids is 2. The van der Waals surface area contributed by atoms with Crippen LogP contribution in [0, 0.1) is 5.92 Å². The Bertz CT molecular complexity index is 1090. The van der Waals surface area contributed by atoms with E-state index in [0.29, 0.717) is 11.1 Å². The number of piperidine rings is 1. The Morgan fingerprint density at radius 1 is 0.765 bits per heavy atom. The fourth-order valence-corrected chi connectivity index (χ4v) is 4.68. The zero-order valence-electron chi connectivity index (χ0n) is 20.0. The van der Waals surface area contributed by atoms with Gasteiger partial charge in [0, 0.05) is 38.3 Å². The van der Waals surface area contributed by atoms with Crippen molar-refractivity contribution in [2.24, 2.45) is 5.92 Å². The van der Waals surface area contributed by atoms with Gasteiger partial charge in [0.25, 0.3) is 11.8 Å². The third-order valence-corrected chi connectivity index (χ3v) is 6.55. The van der Waals surface area contributed by atoms with Crippen molar-refractivity contribution in [2.75, 3.05) is 32.2 Å². The number of hydrogen-bond donors (Lipinski definition) is 0. The first-order valence-electron chi connectivity index (χ1n) is 11.7. The van der Waals surface area contributed by atoms with Gasteiger partial charge in [-0.15, -0.1) is 0 Å². The zero-order chi connectivity index (χ0) is 24.1. The van der Waals surface area contributed by atoms with Crippen LogP contribution in [-0.2, 0) is 0 Å². The highest BCUT2D eigenvalue weighted by Gasteiger charge is 2.36. The summed E-state index contributed by atoms with van der Waals surface area (Å²) in [5.41, 5.74) is 2.32. The molecule has 176 valence electrons. The maximum atomic E-state index is 13.3. The SMILES string of the molecule is C[C@H]1CN(N(C)C(=O)c2ccccc2)CC[C@H]1N(c1ccccc1)N(C)C(=O)c1ccccc1. The van der Waals surface area contributed by atoms with Gasteiger partial charge in [-0.3, -0.25) is 24.6 Å². The molecule has 0 aromatic heterocycles. The molecule has 3 aromatic carbocycles. The molecule has 6 heteroatoms. The van der Waals surface area contributed by atoms with E-state index in [-0.39, 0.29) is 23.8 Å². The lowest BCUT2D eigenvalue weighted by atomic mass is 9.93. The Kier molecular flexibility index (Phi) is 7.28. The molecule has 1 aliphatic heterocycles. The maximum absolute atomic E-state index is 13.3. The van der Waals surface area contributed by atoms with Gasteiger partial charge in [-0.05, 0) is 48.7 Å². The van der Waals surface area contributed by atoms with Crippen LogP contribution >= 0.6 is 0 Å². The van der Waals surface area contributed by atoms with Gasteiger partial charge in [-0.25, -0.2) is 5.01 Å². The normalized spacial score (nSPS) is 18.2. The average Bonchev–Trinajstić information content (AvgIpc) is 2.90. The molecule has 0 N–H and O–H groups in total. The molecule has 3 aromatic rings. The number of rotatable bonds is 6. The number of hydrogen-bond acceptors (Lipinski definition) is 4. The van der Waals surface area contributed by atoms with Crippen molar-refractivity contribution in [2.45, 2.75) is 19.4 Å². The summed E-state index contributed by atoms with van der Waals surface area (Å²) in [7, 11) is 3.68. The van der Waals surface area contributed by atoms with Gasteiger partial charge < -0.3 is 0 Å². The summed E-state index contributed by atoms with van der Waals surface area (Å²) in [4.78, 5) is 26.3. The molecule has 1 saturated heterocycles. The fraction of sp³-hybridized carbons (Fsp3) is 0.286. The number of carbonyl (C=O) groups is 2. The van der Waals surface area contributed by atoms with Crippen LogP contribution in [0.2, 0.25) is 0 Å². The first-order valence-corrected chi connectivity index (χ1v) is 11.7. The molecule has 0 spiro atoms. The van der Waals surface area contributed by atoms with E-state index in [1.165, 1.54) is 0 Å². The van der Waals surface area contributed by atoms with E-state index in [1.807, 2.05) is 105 Å². The first-order chi connectivity index (χ1) is 16.5. The maximum Gasteiger partial charge on any atom is 0.272 e. The van der Waals surface area contributed by atoms with Crippen LogP contribution in [0.5, 0.6) is 0 Å². The highest BCUT2D eigenvalue weighted by Crippen LogP contribution is 2.29. The number of benzene rings is 3. The Labute approximate surface area is 201 Å². The Morgan fingerprint density at radius 3 is 1.79 bits per heavy atom. The molecule has 6 nitrogen and oxygen atoms in total. The Morgan fingerprint density at radius 2 is 1.26 bits per heavy atom. The fourth-order valence-electron chi connectivity index (χ4n) is 4.68. The van der Waals surface area contributed by atoms with Gasteiger partial charge >= 0.3 is 0 Å². The molecule has 1 fully saturated rings. The van der Waals surface area contributed by atoms with Crippen LogP contribution in [0.25, 0.3) is 0 Å². The largest absolute Gasteiger partial charge is 0.280 e. The van der Waals surface area contributed by atoms with Gasteiger partial charge in [0.15, 0.2) is 0 Å². The Balaban J connectivity index is 1.54. The van der Waals surface area contributed by atoms with Crippen molar-refractivity contribution >= 4 is 17.5 Å². The first kappa shape index (κ1) is 23.5. The summed E-state index contributed by atoms with van der Waals surface area (Å²) in [5, 5.41) is 7.70. The van der Waals surface area contributed by atoms with Crippen LogP contribution in [-0.4, -0.2) is 60.1 Å². The van der Waals surface area contributed by atoms with E-state index in [0.717, 1.165) is 25.2 Å². The minimum atomic E-state index is -0.0459. The molecule has 0 bridgehead atoms. The van der Waals surface area contributed by atoms with Crippen molar-refractivity contribution in [1.29, 1.82) is 0 Å². The van der Waals surface area contributed by atoms with Crippen LogP contribution in [0.1, 0.15) is 34.1 Å². The van der Waals surface area contributed by atoms with E-state index in [9.17, 15) is 9.59 Å². The lowest BCUT2D eigenvalue weighted by Gasteiger charge is -2.48. The van der Waals surface area contributed by atoms with E-state index < -0.39 is 0 Å². The predicted molar refractivity (Wildman–Crippen MR) is 135 cm³/mol. The molecule has 1 aliphatic rings. The van der Waals surface area contributed by atoms with Crippen LogP contribution in [0.15, 0.2) is 91.0 Å². The standard InChI is InChI=1S/C28H32N4O2/c1-22-21-31(29(2)27(33)23-13-7-4-8-14-23)20-19-26(22)32(25-17-11-6-12-18-25)30(3)28(34)24-15-9-5-10-16-24/h4-18,22,26H,19-21H2,1-3H3/t22-,26+/m0/s1. The molecule has 1 heterocycles. The van der Waals surface area contributed by atoms with E-state index in [1.54, 1.807) is 10.0 Å². The number of hydrazine groups is 2.